The summed E-state index contributed by atoms with van der Waals surface area (Å²) in [6.07, 6.45) is 3.58. The summed E-state index contributed by atoms with van der Waals surface area (Å²) >= 11 is 0. The molecule has 0 saturated carbocycles. The van der Waals surface area contributed by atoms with Crippen molar-refractivity contribution in [1.29, 1.82) is 0 Å². The quantitative estimate of drug-likeness (QED) is 0.788. The van der Waals surface area contributed by atoms with E-state index in [2.05, 4.69) is 56.1 Å². The van der Waals surface area contributed by atoms with Crippen molar-refractivity contribution < 1.29 is 0 Å². The van der Waals surface area contributed by atoms with Crippen LogP contribution in [-0.2, 0) is 0 Å². The fourth-order valence-electron chi connectivity index (χ4n) is 2.89. The van der Waals surface area contributed by atoms with Gasteiger partial charge in [0.1, 0.15) is 5.82 Å². The monoisotopic (exact) mass is 293 g/mol. The summed E-state index contributed by atoms with van der Waals surface area (Å²) < 4.78 is 0. The minimum Gasteiger partial charge on any atom is -0.369 e. The third-order valence-electron chi connectivity index (χ3n) is 4.29. The minimum atomic E-state index is 0.896. The van der Waals surface area contributed by atoms with E-state index in [1.54, 1.807) is 6.20 Å². The summed E-state index contributed by atoms with van der Waals surface area (Å²) in [5.41, 5.74) is 4.32. The van der Waals surface area contributed by atoms with Crippen LogP contribution < -0.4 is 4.90 Å². The van der Waals surface area contributed by atoms with Crippen LogP contribution in [0.5, 0.6) is 0 Å². The number of aromatic nitrogens is 3. The summed E-state index contributed by atoms with van der Waals surface area (Å²) in [4.78, 5) is 16.9. The number of benzene rings is 1. The van der Waals surface area contributed by atoms with E-state index in [-0.39, 0.29) is 0 Å². The number of piperazine rings is 1. The standard InChI is InChI=1S/C17H19N5/c1-21-8-10-22(11-9-21)14-4-2-13(3-5-14)17-19-15-6-7-18-12-16(15)20-17/h2-7,12H,8-11H2,1H3,(H,19,20). The summed E-state index contributed by atoms with van der Waals surface area (Å²) in [7, 11) is 2.18. The molecule has 1 aliphatic rings. The Balaban J connectivity index is 1.58. The average Bonchev–Trinajstić information content (AvgIpc) is 3.00. The Morgan fingerprint density at radius 1 is 1.00 bits per heavy atom. The fraction of sp³-hybridized carbons (Fsp3) is 0.294. The third-order valence-corrected chi connectivity index (χ3v) is 4.29. The van der Waals surface area contributed by atoms with E-state index >= 15 is 0 Å². The van der Waals surface area contributed by atoms with Gasteiger partial charge in [0.05, 0.1) is 17.2 Å². The Morgan fingerprint density at radius 2 is 1.77 bits per heavy atom. The molecule has 1 aliphatic heterocycles. The molecule has 0 unspecified atom stereocenters. The van der Waals surface area contributed by atoms with E-state index in [0.29, 0.717) is 0 Å². The van der Waals surface area contributed by atoms with E-state index in [9.17, 15) is 0 Å². The van der Waals surface area contributed by atoms with E-state index in [1.807, 2.05) is 12.3 Å². The first kappa shape index (κ1) is 13.3. The number of likely N-dealkylation sites (N-methyl/N-ethyl adjacent to an activating group) is 1. The second-order valence-corrected chi connectivity index (χ2v) is 5.82. The van der Waals surface area contributed by atoms with E-state index in [1.165, 1.54) is 5.69 Å². The second-order valence-electron chi connectivity index (χ2n) is 5.82. The van der Waals surface area contributed by atoms with Gasteiger partial charge in [-0.25, -0.2) is 4.98 Å². The second kappa shape index (κ2) is 5.42. The summed E-state index contributed by atoms with van der Waals surface area (Å²) in [6.45, 7) is 4.43. The summed E-state index contributed by atoms with van der Waals surface area (Å²) in [5.74, 6) is 0.896. The van der Waals surface area contributed by atoms with Gasteiger partial charge in [0, 0.05) is 43.6 Å². The maximum absolute atomic E-state index is 4.62. The lowest BCUT2D eigenvalue weighted by molar-refractivity contribution is 0.313. The van der Waals surface area contributed by atoms with Crippen molar-refractivity contribution in [3.05, 3.63) is 42.7 Å². The fourth-order valence-corrected chi connectivity index (χ4v) is 2.89. The Kier molecular flexibility index (Phi) is 3.27. The summed E-state index contributed by atoms with van der Waals surface area (Å²) in [6, 6.07) is 10.6. The Hall–Kier alpha value is -2.40. The zero-order chi connectivity index (χ0) is 14.9. The van der Waals surface area contributed by atoms with E-state index < -0.39 is 0 Å². The molecule has 3 heterocycles. The number of imidazole rings is 1. The lowest BCUT2D eigenvalue weighted by Gasteiger charge is -2.34. The lowest BCUT2D eigenvalue weighted by atomic mass is 10.1. The van der Waals surface area contributed by atoms with Crippen molar-refractivity contribution >= 4 is 16.7 Å². The van der Waals surface area contributed by atoms with Crippen LogP contribution in [-0.4, -0.2) is 53.1 Å². The molecule has 5 nitrogen and oxygen atoms in total. The average molecular weight is 293 g/mol. The Bertz CT molecular complexity index is 736. The largest absolute Gasteiger partial charge is 0.369 e. The van der Waals surface area contributed by atoms with Crippen molar-refractivity contribution in [1.82, 2.24) is 19.9 Å². The first-order chi connectivity index (χ1) is 10.8. The maximum atomic E-state index is 4.62. The molecule has 112 valence electrons. The number of pyridine rings is 1. The molecular formula is C17H19N5. The van der Waals surface area contributed by atoms with Crippen molar-refractivity contribution in [3.63, 3.8) is 0 Å². The van der Waals surface area contributed by atoms with Gasteiger partial charge in [-0.1, -0.05) is 0 Å². The van der Waals surface area contributed by atoms with Crippen molar-refractivity contribution in [3.8, 4) is 11.4 Å². The van der Waals surface area contributed by atoms with E-state index in [4.69, 9.17) is 0 Å². The van der Waals surface area contributed by atoms with Gasteiger partial charge in [0.15, 0.2) is 0 Å². The SMILES string of the molecule is CN1CCN(c2ccc(-c3nc4ccncc4[nH]3)cc2)CC1. The first-order valence-corrected chi connectivity index (χ1v) is 7.63. The number of nitrogens with one attached hydrogen (secondary N) is 1. The topological polar surface area (TPSA) is 48.1 Å². The molecule has 22 heavy (non-hydrogen) atoms. The van der Waals surface area contributed by atoms with Crippen LogP contribution in [0.15, 0.2) is 42.7 Å². The normalized spacial score (nSPS) is 16.3. The highest BCUT2D eigenvalue weighted by atomic mass is 15.2. The molecule has 5 heteroatoms. The molecule has 0 aliphatic carbocycles. The maximum Gasteiger partial charge on any atom is 0.138 e. The number of hydrogen-bond acceptors (Lipinski definition) is 4. The van der Waals surface area contributed by atoms with Gasteiger partial charge in [-0.15, -0.1) is 0 Å². The molecule has 0 radical (unpaired) electrons. The molecule has 1 aromatic carbocycles. The summed E-state index contributed by atoms with van der Waals surface area (Å²) in [5, 5.41) is 0. The molecule has 1 N–H and O–H groups in total. The van der Waals surface area contributed by atoms with Crippen LogP contribution in [0, 0.1) is 0 Å². The number of rotatable bonds is 2. The van der Waals surface area contributed by atoms with Gasteiger partial charge in [0.25, 0.3) is 0 Å². The van der Waals surface area contributed by atoms with Gasteiger partial charge in [-0.2, -0.15) is 0 Å². The van der Waals surface area contributed by atoms with Crippen LogP contribution in [0.3, 0.4) is 0 Å². The highest BCUT2D eigenvalue weighted by molar-refractivity contribution is 5.78. The number of fused-ring (bicyclic) bond motifs is 1. The van der Waals surface area contributed by atoms with Crippen LogP contribution in [0.2, 0.25) is 0 Å². The molecule has 2 aromatic heterocycles. The predicted molar refractivity (Wildman–Crippen MR) is 89.0 cm³/mol. The van der Waals surface area contributed by atoms with Gasteiger partial charge in [-0.3, -0.25) is 4.98 Å². The third kappa shape index (κ3) is 2.44. The Morgan fingerprint density at radius 3 is 2.50 bits per heavy atom. The molecule has 0 spiro atoms. The Labute approximate surface area is 129 Å². The smallest absolute Gasteiger partial charge is 0.138 e. The van der Waals surface area contributed by atoms with Crippen LogP contribution in [0.1, 0.15) is 0 Å². The number of hydrogen-bond donors (Lipinski definition) is 1. The van der Waals surface area contributed by atoms with Crippen molar-refractivity contribution in [2.75, 3.05) is 38.1 Å². The highest BCUT2D eigenvalue weighted by Crippen LogP contribution is 2.23. The van der Waals surface area contributed by atoms with Crippen molar-refractivity contribution in [2.45, 2.75) is 0 Å². The van der Waals surface area contributed by atoms with Crippen LogP contribution >= 0.6 is 0 Å². The van der Waals surface area contributed by atoms with Gasteiger partial charge < -0.3 is 14.8 Å². The van der Waals surface area contributed by atoms with Gasteiger partial charge in [-0.05, 0) is 37.4 Å². The van der Waals surface area contributed by atoms with E-state index in [0.717, 1.165) is 48.6 Å². The molecule has 1 saturated heterocycles. The van der Waals surface area contributed by atoms with Gasteiger partial charge in [0.2, 0.25) is 0 Å². The molecule has 3 aromatic rings. The van der Waals surface area contributed by atoms with Crippen LogP contribution in [0.25, 0.3) is 22.4 Å². The number of anilines is 1. The molecule has 0 amide bonds. The minimum absolute atomic E-state index is 0.896. The highest BCUT2D eigenvalue weighted by Gasteiger charge is 2.14. The van der Waals surface area contributed by atoms with Gasteiger partial charge >= 0.3 is 0 Å². The first-order valence-electron chi connectivity index (χ1n) is 7.63. The molecule has 1 fully saturated rings. The van der Waals surface area contributed by atoms with Crippen LogP contribution in [0.4, 0.5) is 5.69 Å². The number of H-pyrrole nitrogens is 1. The van der Waals surface area contributed by atoms with Crippen molar-refractivity contribution in [2.24, 2.45) is 0 Å². The molecule has 0 bridgehead atoms. The zero-order valence-corrected chi connectivity index (χ0v) is 12.7. The number of nitrogens with zero attached hydrogens (tertiary/aromatic N) is 4. The molecule has 4 rings (SSSR count). The predicted octanol–water partition coefficient (Wildman–Crippen LogP) is 2.38. The molecule has 0 atom stereocenters. The zero-order valence-electron chi connectivity index (χ0n) is 12.7. The lowest BCUT2D eigenvalue weighted by Crippen LogP contribution is -2.44. The molecular weight excluding hydrogens is 274 g/mol. The number of aromatic amines is 1.